The fraction of sp³-hybridized carbons (Fsp3) is 0.194. The van der Waals surface area contributed by atoms with Crippen LogP contribution in [0, 0.1) is 0 Å². The molecule has 3 aromatic carbocycles. The third kappa shape index (κ3) is 5.37. The van der Waals surface area contributed by atoms with Crippen LogP contribution >= 0.6 is 23.4 Å². The number of likely N-dealkylation sites (N-methyl/N-ethyl adjacent to an activating group) is 1. The number of benzene rings is 3. The maximum atomic E-state index is 13.7. The SMILES string of the molecule is CC1=CC(C)(C)N(C)c2cc(Cl)c(/C=C3/SC(=Nc4ccccc4)N(Cc4ccc(C(=O)O)cc4)C3=O)cc21. The number of anilines is 1. The number of amides is 1. The van der Waals surface area contributed by atoms with Crippen molar-refractivity contribution in [2.24, 2.45) is 4.99 Å². The van der Waals surface area contributed by atoms with Gasteiger partial charge in [-0.2, -0.15) is 0 Å². The van der Waals surface area contributed by atoms with Crippen LogP contribution in [0.25, 0.3) is 11.6 Å². The number of amidine groups is 1. The second kappa shape index (κ2) is 10.4. The molecule has 1 fully saturated rings. The molecule has 0 spiro atoms. The Hall–Kier alpha value is -3.81. The number of halogens is 1. The van der Waals surface area contributed by atoms with Gasteiger partial charge in [-0.15, -0.1) is 0 Å². The van der Waals surface area contributed by atoms with Crippen molar-refractivity contribution in [2.45, 2.75) is 32.9 Å². The molecule has 0 aliphatic carbocycles. The minimum atomic E-state index is -0.993. The van der Waals surface area contributed by atoms with Crippen LogP contribution in [0.15, 0.2) is 82.7 Å². The first-order valence-corrected chi connectivity index (χ1v) is 13.7. The average Bonchev–Trinajstić information content (AvgIpc) is 3.17. The molecule has 2 aliphatic heterocycles. The Bertz CT molecular complexity index is 1560. The first-order chi connectivity index (χ1) is 18.5. The molecule has 6 nitrogen and oxygen atoms in total. The molecule has 1 N–H and O–H groups in total. The first kappa shape index (κ1) is 26.8. The number of aliphatic imine (C=N–C) groups is 1. The standard InChI is InChI=1S/C31H28ClN3O3S/c1-19-17-31(2,3)34(4)26-16-25(32)22(14-24(19)26)15-27-28(36)35(18-20-10-12-21(13-11-20)29(37)38)30(39-27)33-23-8-6-5-7-9-23/h5-17H,18H2,1-4H3,(H,37,38)/b27-15+,33-30?. The number of nitrogens with zero attached hydrogens (tertiary/aromatic N) is 3. The van der Waals surface area contributed by atoms with Gasteiger partial charge in [0.05, 0.1) is 28.2 Å². The number of rotatable bonds is 5. The number of thioether (sulfide) groups is 1. The summed E-state index contributed by atoms with van der Waals surface area (Å²) in [4.78, 5) is 34.0. The molecule has 2 heterocycles. The van der Waals surface area contributed by atoms with Crippen molar-refractivity contribution < 1.29 is 14.7 Å². The number of carboxylic acid groups (broad SMARTS) is 1. The molecule has 8 heteroatoms. The van der Waals surface area contributed by atoms with Crippen molar-refractivity contribution in [3.8, 4) is 0 Å². The van der Waals surface area contributed by atoms with Crippen LogP contribution in [0.4, 0.5) is 11.4 Å². The molecule has 0 saturated carbocycles. The van der Waals surface area contributed by atoms with Crippen molar-refractivity contribution in [3.05, 3.63) is 105 Å². The number of allylic oxidation sites excluding steroid dienone is 1. The Kier molecular flexibility index (Phi) is 7.14. The van der Waals surface area contributed by atoms with Gasteiger partial charge < -0.3 is 10.0 Å². The van der Waals surface area contributed by atoms with Crippen molar-refractivity contribution >= 4 is 63.4 Å². The van der Waals surface area contributed by atoms with E-state index < -0.39 is 5.97 Å². The number of aromatic carboxylic acids is 1. The fourth-order valence-electron chi connectivity index (χ4n) is 4.72. The van der Waals surface area contributed by atoms with Crippen molar-refractivity contribution in [1.82, 2.24) is 4.90 Å². The van der Waals surface area contributed by atoms with Crippen LogP contribution in [0.5, 0.6) is 0 Å². The second-order valence-electron chi connectivity index (χ2n) is 10.2. The molecule has 198 valence electrons. The van der Waals surface area contributed by atoms with Gasteiger partial charge in [0.2, 0.25) is 0 Å². The van der Waals surface area contributed by atoms with Gasteiger partial charge in [-0.1, -0.05) is 48.0 Å². The third-order valence-corrected chi connectivity index (χ3v) is 8.37. The predicted molar refractivity (Wildman–Crippen MR) is 161 cm³/mol. The highest BCUT2D eigenvalue weighted by Gasteiger charge is 2.34. The maximum Gasteiger partial charge on any atom is 0.335 e. The number of para-hydroxylation sites is 1. The molecule has 5 rings (SSSR count). The summed E-state index contributed by atoms with van der Waals surface area (Å²) in [6.07, 6.45) is 4.06. The highest BCUT2D eigenvalue weighted by Crippen LogP contribution is 2.42. The van der Waals surface area contributed by atoms with E-state index in [0.717, 1.165) is 33.6 Å². The van der Waals surface area contributed by atoms with E-state index in [1.54, 1.807) is 17.0 Å². The normalized spacial score (nSPS) is 18.5. The Morgan fingerprint density at radius 1 is 1.10 bits per heavy atom. The van der Waals surface area contributed by atoms with Crippen LogP contribution in [-0.2, 0) is 11.3 Å². The summed E-state index contributed by atoms with van der Waals surface area (Å²) in [5, 5.41) is 10.3. The summed E-state index contributed by atoms with van der Waals surface area (Å²) in [6.45, 7) is 6.67. The number of fused-ring (bicyclic) bond motifs is 1. The summed E-state index contributed by atoms with van der Waals surface area (Å²) < 4.78 is 0. The van der Waals surface area contributed by atoms with Crippen LogP contribution in [0.2, 0.25) is 5.02 Å². The highest BCUT2D eigenvalue weighted by molar-refractivity contribution is 8.18. The Morgan fingerprint density at radius 3 is 2.46 bits per heavy atom. The molecule has 39 heavy (non-hydrogen) atoms. The van der Waals surface area contributed by atoms with Crippen LogP contribution in [0.1, 0.15) is 47.8 Å². The molecule has 3 aromatic rings. The zero-order valence-electron chi connectivity index (χ0n) is 22.1. The molecule has 2 aliphatic rings. The fourth-order valence-corrected chi connectivity index (χ4v) is 5.92. The molecule has 1 amide bonds. The predicted octanol–water partition coefficient (Wildman–Crippen LogP) is 7.47. The van der Waals surface area contributed by atoms with E-state index in [1.165, 1.54) is 23.9 Å². The van der Waals surface area contributed by atoms with Crippen LogP contribution < -0.4 is 4.90 Å². The van der Waals surface area contributed by atoms with Crippen molar-refractivity contribution in [3.63, 3.8) is 0 Å². The molecule has 0 unspecified atom stereocenters. The van der Waals surface area contributed by atoms with Crippen molar-refractivity contribution in [1.29, 1.82) is 0 Å². The topological polar surface area (TPSA) is 73.2 Å². The van der Waals surface area contributed by atoms with Gasteiger partial charge in [0.1, 0.15) is 0 Å². The van der Waals surface area contributed by atoms with Crippen LogP contribution in [-0.4, -0.2) is 39.6 Å². The smallest absolute Gasteiger partial charge is 0.335 e. The van der Waals surface area contributed by atoms with E-state index in [4.69, 9.17) is 16.6 Å². The quantitative estimate of drug-likeness (QED) is 0.329. The summed E-state index contributed by atoms with van der Waals surface area (Å²) in [5.74, 6) is -1.18. The van der Waals surface area contributed by atoms with Gasteiger partial charge in [-0.05, 0) is 91.7 Å². The molecule has 0 radical (unpaired) electrons. The van der Waals surface area contributed by atoms with Gasteiger partial charge in [-0.25, -0.2) is 9.79 Å². The van der Waals surface area contributed by atoms with E-state index in [0.29, 0.717) is 15.1 Å². The van der Waals surface area contributed by atoms with Crippen molar-refractivity contribution in [2.75, 3.05) is 11.9 Å². The lowest BCUT2D eigenvalue weighted by Crippen LogP contribution is -2.42. The first-order valence-electron chi connectivity index (χ1n) is 12.5. The summed E-state index contributed by atoms with van der Waals surface area (Å²) in [7, 11) is 2.06. The molecular formula is C31H28ClN3O3S. The minimum absolute atomic E-state index is 0.135. The molecule has 0 bridgehead atoms. The Labute approximate surface area is 237 Å². The van der Waals surface area contributed by atoms with Crippen LogP contribution in [0.3, 0.4) is 0 Å². The summed E-state index contributed by atoms with van der Waals surface area (Å²) >= 11 is 8.06. The Morgan fingerprint density at radius 2 is 1.79 bits per heavy atom. The van der Waals surface area contributed by atoms with Gasteiger partial charge in [-0.3, -0.25) is 9.69 Å². The summed E-state index contributed by atoms with van der Waals surface area (Å²) in [6, 6.07) is 20.0. The van der Waals surface area contributed by atoms with E-state index in [-0.39, 0.29) is 23.6 Å². The number of hydrogen-bond donors (Lipinski definition) is 1. The number of hydrogen-bond acceptors (Lipinski definition) is 5. The Balaban J connectivity index is 1.52. The van der Waals surface area contributed by atoms with Gasteiger partial charge >= 0.3 is 5.97 Å². The minimum Gasteiger partial charge on any atom is -0.478 e. The average molecular weight is 558 g/mol. The number of carbonyl (C=O) groups is 2. The zero-order chi connectivity index (χ0) is 27.9. The lowest BCUT2D eigenvalue weighted by Gasteiger charge is -2.40. The number of carbonyl (C=O) groups excluding carboxylic acids is 1. The largest absolute Gasteiger partial charge is 0.478 e. The maximum absolute atomic E-state index is 13.7. The zero-order valence-corrected chi connectivity index (χ0v) is 23.7. The van der Waals surface area contributed by atoms with E-state index >= 15 is 0 Å². The molecular weight excluding hydrogens is 530 g/mol. The monoisotopic (exact) mass is 557 g/mol. The lowest BCUT2D eigenvalue weighted by atomic mass is 9.88. The van der Waals surface area contributed by atoms with Gasteiger partial charge in [0, 0.05) is 23.3 Å². The van der Waals surface area contributed by atoms with E-state index in [1.807, 2.05) is 48.5 Å². The molecule has 0 atom stereocenters. The third-order valence-electron chi connectivity index (χ3n) is 7.03. The van der Waals surface area contributed by atoms with E-state index in [9.17, 15) is 14.7 Å². The highest BCUT2D eigenvalue weighted by atomic mass is 35.5. The van der Waals surface area contributed by atoms with E-state index in [2.05, 4.69) is 38.8 Å². The second-order valence-corrected chi connectivity index (χ2v) is 11.6. The molecule has 0 aromatic heterocycles. The number of carboxylic acids is 1. The van der Waals surface area contributed by atoms with Gasteiger partial charge in [0.25, 0.3) is 5.91 Å². The van der Waals surface area contributed by atoms with Gasteiger partial charge in [0.15, 0.2) is 5.17 Å². The molecule has 1 saturated heterocycles. The summed E-state index contributed by atoms with van der Waals surface area (Å²) in [5.41, 5.74) is 5.65. The lowest BCUT2D eigenvalue weighted by molar-refractivity contribution is -0.122.